The molecule has 0 unspecified atom stereocenters. The summed E-state index contributed by atoms with van der Waals surface area (Å²) in [5.74, 6) is -0.155. The number of rotatable bonds is 3. The van der Waals surface area contributed by atoms with E-state index in [0.717, 1.165) is 50.3 Å². The summed E-state index contributed by atoms with van der Waals surface area (Å²) in [5, 5.41) is 9.19. The van der Waals surface area contributed by atoms with E-state index in [2.05, 4.69) is 4.57 Å². The van der Waals surface area contributed by atoms with Gasteiger partial charge in [0.2, 0.25) is 0 Å². The van der Waals surface area contributed by atoms with Crippen LogP contribution in [0.25, 0.3) is 0 Å². The van der Waals surface area contributed by atoms with Gasteiger partial charge in [0, 0.05) is 11.4 Å². The van der Waals surface area contributed by atoms with Crippen LogP contribution in [-0.4, -0.2) is 17.1 Å². The minimum absolute atomic E-state index is 0. The van der Waals surface area contributed by atoms with E-state index in [1.54, 1.807) is 0 Å². The summed E-state index contributed by atoms with van der Waals surface area (Å²) in [6, 6.07) is 0. The van der Waals surface area contributed by atoms with Gasteiger partial charge < -0.3 is 14.7 Å². The van der Waals surface area contributed by atoms with Gasteiger partial charge in [0.15, 0.2) is 0 Å². The summed E-state index contributed by atoms with van der Waals surface area (Å²) >= 11 is 0. The molecule has 1 N–H and O–H groups in total. The molecule has 2 aliphatic rings. The second-order valence-corrected chi connectivity index (χ2v) is 5.68. The molecule has 21 heavy (non-hydrogen) atoms. The first-order valence-corrected chi connectivity index (χ1v) is 7.69. The lowest BCUT2D eigenvalue weighted by Gasteiger charge is -2.25. The second kappa shape index (κ2) is 6.65. The van der Waals surface area contributed by atoms with E-state index in [1.165, 1.54) is 22.5 Å². The van der Waals surface area contributed by atoms with Gasteiger partial charge in [-0.2, -0.15) is 0 Å². The Kier molecular flexibility index (Phi) is 5.09. The normalized spacial score (nSPS) is 15.9. The van der Waals surface area contributed by atoms with E-state index in [4.69, 9.17) is 10.1 Å². The van der Waals surface area contributed by atoms with Gasteiger partial charge in [-0.3, -0.25) is 4.79 Å². The van der Waals surface area contributed by atoms with Gasteiger partial charge in [-0.15, -0.1) is 12.4 Å². The zero-order valence-corrected chi connectivity index (χ0v) is 13.4. The average Bonchev–Trinajstić information content (AvgIpc) is 2.93. The summed E-state index contributed by atoms with van der Waals surface area (Å²) in [7, 11) is 0. The molecule has 0 fully saturated rings. The third-order valence-electron chi connectivity index (χ3n) is 4.48. The van der Waals surface area contributed by atoms with Crippen molar-refractivity contribution in [1.82, 2.24) is 4.57 Å². The van der Waals surface area contributed by atoms with Crippen molar-refractivity contribution >= 4 is 18.4 Å². The van der Waals surface area contributed by atoms with Gasteiger partial charge in [0.25, 0.3) is 0 Å². The lowest BCUT2D eigenvalue weighted by molar-refractivity contribution is -0.143. The number of fused-ring (bicyclic) bond motifs is 2. The fourth-order valence-corrected chi connectivity index (χ4v) is 3.62. The highest BCUT2D eigenvalue weighted by atomic mass is 35.5. The molecule has 0 aromatic carbocycles. The first-order valence-electron chi connectivity index (χ1n) is 7.69. The molecular formula is C16H23ClN2O2. The first kappa shape index (κ1) is 16.1. The topological polar surface area (TPSA) is 55.1 Å². The molecular weight excluding hydrogens is 288 g/mol. The van der Waals surface area contributed by atoms with E-state index in [0.29, 0.717) is 13.2 Å². The van der Waals surface area contributed by atoms with Crippen molar-refractivity contribution in [1.29, 1.82) is 5.41 Å². The lowest BCUT2D eigenvalue weighted by Crippen LogP contribution is -2.29. The average molecular weight is 311 g/mol. The highest BCUT2D eigenvalue weighted by Crippen LogP contribution is 2.26. The number of nitrogens with one attached hydrogen (secondary N) is 1. The maximum absolute atomic E-state index is 11.9. The second-order valence-electron chi connectivity index (χ2n) is 5.68. The molecule has 0 saturated heterocycles. The van der Waals surface area contributed by atoms with E-state index in [9.17, 15) is 4.79 Å². The number of aromatic nitrogens is 1. The number of hydrogen-bond donors (Lipinski definition) is 1. The van der Waals surface area contributed by atoms with Crippen LogP contribution in [0.5, 0.6) is 0 Å². The Labute approximate surface area is 131 Å². The minimum Gasteiger partial charge on any atom is -0.465 e. The lowest BCUT2D eigenvalue weighted by atomic mass is 9.92. The van der Waals surface area contributed by atoms with Crippen LogP contribution < -0.4 is 5.36 Å². The van der Waals surface area contributed by atoms with Crippen LogP contribution in [0.4, 0.5) is 0 Å². The molecule has 0 radical (unpaired) electrons. The van der Waals surface area contributed by atoms with Crippen LogP contribution in [0.15, 0.2) is 0 Å². The van der Waals surface area contributed by atoms with Crippen molar-refractivity contribution in [2.24, 2.45) is 0 Å². The Hall–Kier alpha value is -1.29. The number of nitrogens with zero attached hydrogens (tertiary/aromatic N) is 1. The van der Waals surface area contributed by atoms with E-state index in [-0.39, 0.29) is 18.4 Å². The third-order valence-corrected chi connectivity index (χ3v) is 4.48. The van der Waals surface area contributed by atoms with Crippen molar-refractivity contribution in [2.75, 3.05) is 6.61 Å². The minimum atomic E-state index is -0.155. The molecule has 0 atom stereocenters. The summed E-state index contributed by atoms with van der Waals surface area (Å²) in [4.78, 5) is 11.9. The molecule has 0 amide bonds. The van der Waals surface area contributed by atoms with Crippen molar-refractivity contribution in [2.45, 2.75) is 58.4 Å². The molecule has 1 aromatic heterocycles. The highest BCUT2D eigenvalue weighted by molar-refractivity contribution is 5.85. The van der Waals surface area contributed by atoms with Gasteiger partial charge in [-0.1, -0.05) is 0 Å². The Morgan fingerprint density at radius 1 is 1.10 bits per heavy atom. The highest BCUT2D eigenvalue weighted by Gasteiger charge is 2.25. The predicted molar refractivity (Wildman–Crippen MR) is 82.8 cm³/mol. The summed E-state index contributed by atoms with van der Waals surface area (Å²) in [6.45, 7) is 2.59. The number of hydrogen-bond acceptors (Lipinski definition) is 3. The summed E-state index contributed by atoms with van der Waals surface area (Å²) in [6.07, 6.45) is 7.40. The van der Waals surface area contributed by atoms with Crippen molar-refractivity contribution in [3.63, 3.8) is 0 Å². The molecule has 0 aliphatic heterocycles. The van der Waals surface area contributed by atoms with Gasteiger partial charge >= 0.3 is 5.97 Å². The molecule has 1 heterocycles. The number of carbonyl (C=O) groups excluding carboxylic acids is 1. The van der Waals surface area contributed by atoms with Crippen molar-refractivity contribution in [3.8, 4) is 0 Å². The zero-order chi connectivity index (χ0) is 14.1. The van der Waals surface area contributed by atoms with Gasteiger partial charge in [0.05, 0.1) is 12.0 Å². The fourth-order valence-electron chi connectivity index (χ4n) is 3.62. The Bertz CT molecular complexity index is 607. The summed E-state index contributed by atoms with van der Waals surface area (Å²) in [5.41, 5.74) is 4.79. The number of halogens is 1. The molecule has 0 saturated carbocycles. The van der Waals surface area contributed by atoms with Gasteiger partial charge in [0.1, 0.15) is 6.54 Å². The molecule has 0 bridgehead atoms. The molecule has 116 valence electrons. The van der Waals surface area contributed by atoms with Crippen molar-refractivity contribution < 1.29 is 9.53 Å². The number of ether oxygens (including phenoxy) is 1. The zero-order valence-electron chi connectivity index (χ0n) is 12.5. The van der Waals surface area contributed by atoms with Crippen LogP contribution in [0.2, 0.25) is 0 Å². The Balaban J connectivity index is 0.00000161. The molecule has 1 aromatic rings. The summed E-state index contributed by atoms with van der Waals surface area (Å²) < 4.78 is 7.29. The smallest absolute Gasteiger partial charge is 0.325 e. The van der Waals surface area contributed by atoms with Crippen LogP contribution >= 0.6 is 12.4 Å². The van der Waals surface area contributed by atoms with Crippen LogP contribution in [0.3, 0.4) is 0 Å². The number of pyridine rings is 1. The Morgan fingerprint density at radius 3 is 2.33 bits per heavy atom. The largest absolute Gasteiger partial charge is 0.465 e. The van der Waals surface area contributed by atoms with E-state index >= 15 is 0 Å². The fraction of sp³-hybridized carbons (Fsp3) is 0.625. The molecule has 3 rings (SSSR count). The quantitative estimate of drug-likeness (QED) is 0.871. The van der Waals surface area contributed by atoms with E-state index < -0.39 is 0 Å². The maximum atomic E-state index is 11.9. The van der Waals surface area contributed by atoms with Gasteiger partial charge in [-0.05, 0) is 63.0 Å². The third kappa shape index (κ3) is 2.86. The van der Waals surface area contributed by atoms with E-state index in [1.807, 2.05) is 6.92 Å². The number of carbonyl (C=O) groups is 1. The maximum Gasteiger partial charge on any atom is 0.325 e. The SMILES string of the molecule is CCOC(=O)Cn1c2c(c(=N)c3c1CCC3)CCCC2.Cl. The Morgan fingerprint density at radius 2 is 1.67 bits per heavy atom. The standard InChI is InChI=1S/C16H22N2O2.ClH/c1-2-20-15(19)10-18-13-8-4-3-6-11(13)16(17)12-7-5-9-14(12)18;/h17H,2-10H2,1H3;1H. The van der Waals surface area contributed by atoms with Crippen LogP contribution in [-0.2, 0) is 41.8 Å². The number of esters is 1. The van der Waals surface area contributed by atoms with Crippen LogP contribution in [0, 0.1) is 5.41 Å². The molecule has 0 spiro atoms. The molecule has 2 aliphatic carbocycles. The molecule has 5 heteroatoms. The van der Waals surface area contributed by atoms with Crippen molar-refractivity contribution in [3.05, 3.63) is 27.9 Å². The monoisotopic (exact) mass is 310 g/mol. The van der Waals surface area contributed by atoms with Gasteiger partial charge in [-0.25, -0.2) is 0 Å². The molecule has 4 nitrogen and oxygen atoms in total. The van der Waals surface area contributed by atoms with Crippen LogP contribution in [0.1, 0.15) is 48.7 Å². The predicted octanol–water partition coefficient (Wildman–Crippen LogP) is 2.32. The first-order chi connectivity index (χ1) is 9.72.